The lowest BCUT2D eigenvalue weighted by Gasteiger charge is -2.24. The Morgan fingerprint density at radius 2 is 1.70 bits per heavy atom. The number of phenolic OH excluding ortho intramolecular Hbond substituents is 1. The normalized spacial score (nSPS) is 12.5. The minimum atomic E-state index is -0.521. The first-order valence-corrected chi connectivity index (χ1v) is 7.66. The molecule has 0 aliphatic heterocycles. The zero-order chi connectivity index (χ0) is 16.9. The van der Waals surface area contributed by atoms with Crippen LogP contribution in [-0.2, 0) is 9.53 Å². The third-order valence-electron chi connectivity index (χ3n) is 3.23. The zero-order valence-electron chi connectivity index (χ0n) is 13.7. The Morgan fingerprint density at radius 1 is 1.09 bits per heavy atom. The van der Waals surface area contributed by atoms with Crippen LogP contribution in [-0.4, -0.2) is 16.7 Å². The maximum absolute atomic E-state index is 12.2. The lowest BCUT2D eigenvalue weighted by Crippen LogP contribution is -2.26. The van der Waals surface area contributed by atoms with Gasteiger partial charge in [-0.05, 0) is 38.5 Å². The zero-order valence-corrected chi connectivity index (χ0v) is 13.7. The molecule has 0 aliphatic carbocycles. The number of ether oxygens (including phenoxy) is 1. The minimum absolute atomic E-state index is 0.151. The van der Waals surface area contributed by atoms with Crippen LogP contribution in [0.4, 0.5) is 5.69 Å². The Morgan fingerprint density at radius 3 is 2.30 bits per heavy atom. The standard InChI is InChI=1S/C19H23NO3/c1-19(2,3)23-18(22)13-16(14-9-5-4-6-10-14)20-15-11-7-8-12-17(15)21/h4-12,16,20-21H,13H2,1-3H3/t16-/m1/s1. The fourth-order valence-electron chi connectivity index (χ4n) is 2.27. The monoisotopic (exact) mass is 313 g/mol. The van der Waals surface area contributed by atoms with Gasteiger partial charge in [0.1, 0.15) is 11.4 Å². The molecular weight excluding hydrogens is 290 g/mol. The van der Waals surface area contributed by atoms with Gasteiger partial charge in [0.2, 0.25) is 0 Å². The summed E-state index contributed by atoms with van der Waals surface area (Å²) in [5.41, 5.74) is 1.03. The topological polar surface area (TPSA) is 58.6 Å². The molecule has 23 heavy (non-hydrogen) atoms. The second kappa shape index (κ2) is 7.18. The summed E-state index contributed by atoms with van der Waals surface area (Å²) in [5.74, 6) is -0.133. The molecular formula is C19H23NO3. The fraction of sp³-hybridized carbons (Fsp3) is 0.316. The number of hydrogen-bond donors (Lipinski definition) is 2. The Labute approximate surface area is 137 Å². The van der Waals surface area contributed by atoms with Crippen molar-refractivity contribution in [1.82, 2.24) is 0 Å². The quantitative estimate of drug-likeness (QED) is 0.639. The van der Waals surface area contributed by atoms with E-state index in [1.807, 2.05) is 57.2 Å². The van der Waals surface area contributed by atoms with Crippen LogP contribution in [0, 0.1) is 0 Å². The van der Waals surface area contributed by atoms with Crippen molar-refractivity contribution in [2.75, 3.05) is 5.32 Å². The Kier molecular flexibility index (Phi) is 5.27. The predicted octanol–water partition coefficient (Wildman–Crippen LogP) is 4.28. The highest BCUT2D eigenvalue weighted by Crippen LogP contribution is 2.29. The van der Waals surface area contributed by atoms with Crippen molar-refractivity contribution >= 4 is 11.7 Å². The van der Waals surface area contributed by atoms with Crippen molar-refractivity contribution < 1.29 is 14.6 Å². The summed E-state index contributed by atoms with van der Waals surface area (Å²) in [6.45, 7) is 5.54. The van der Waals surface area contributed by atoms with E-state index in [2.05, 4.69) is 5.32 Å². The van der Waals surface area contributed by atoms with Gasteiger partial charge in [-0.15, -0.1) is 0 Å². The molecule has 0 fully saturated rings. The maximum Gasteiger partial charge on any atom is 0.308 e. The van der Waals surface area contributed by atoms with Crippen molar-refractivity contribution in [2.45, 2.75) is 38.8 Å². The van der Waals surface area contributed by atoms with E-state index in [1.54, 1.807) is 18.2 Å². The number of nitrogens with one attached hydrogen (secondary N) is 1. The van der Waals surface area contributed by atoms with Crippen LogP contribution >= 0.6 is 0 Å². The van der Waals surface area contributed by atoms with Gasteiger partial charge >= 0.3 is 5.97 Å². The first-order chi connectivity index (χ1) is 10.8. The van der Waals surface area contributed by atoms with E-state index in [0.29, 0.717) is 5.69 Å². The van der Waals surface area contributed by atoms with Gasteiger partial charge in [0.05, 0.1) is 18.2 Å². The second-order valence-electron chi connectivity index (χ2n) is 6.42. The van der Waals surface area contributed by atoms with Gasteiger partial charge in [-0.25, -0.2) is 0 Å². The van der Waals surface area contributed by atoms with E-state index in [9.17, 15) is 9.90 Å². The molecule has 0 unspecified atom stereocenters. The summed E-state index contributed by atoms with van der Waals surface area (Å²) in [6.07, 6.45) is 0.176. The average Bonchev–Trinajstić information content (AvgIpc) is 2.48. The van der Waals surface area contributed by atoms with Crippen molar-refractivity contribution in [3.63, 3.8) is 0 Å². The van der Waals surface area contributed by atoms with Crippen LogP contribution in [0.15, 0.2) is 54.6 Å². The third-order valence-corrected chi connectivity index (χ3v) is 3.23. The molecule has 0 aliphatic rings. The Bertz CT molecular complexity index is 647. The van der Waals surface area contributed by atoms with Crippen molar-refractivity contribution in [2.24, 2.45) is 0 Å². The smallest absolute Gasteiger partial charge is 0.308 e. The number of anilines is 1. The first-order valence-electron chi connectivity index (χ1n) is 7.66. The van der Waals surface area contributed by atoms with Crippen LogP contribution in [0.25, 0.3) is 0 Å². The molecule has 2 N–H and O–H groups in total. The van der Waals surface area contributed by atoms with Crippen molar-refractivity contribution in [1.29, 1.82) is 0 Å². The number of rotatable bonds is 5. The van der Waals surface area contributed by atoms with E-state index in [4.69, 9.17) is 4.74 Å². The number of carbonyl (C=O) groups excluding carboxylic acids is 1. The van der Waals surface area contributed by atoms with E-state index >= 15 is 0 Å². The number of carbonyl (C=O) groups is 1. The van der Waals surface area contributed by atoms with Gasteiger partial charge in [-0.1, -0.05) is 42.5 Å². The number of phenols is 1. The Hall–Kier alpha value is -2.49. The molecule has 2 aromatic rings. The van der Waals surface area contributed by atoms with Crippen molar-refractivity contribution in [3.8, 4) is 5.75 Å². The van der Waals surface area contributed by atoms with Crippen LogP contribution in [0.5, 0.6) is 5.75 Å². The third kappa shape index (κ3) is 5.33. The molecule has 0 heterocycles. The highest BCUT2D eigenvalue weighted by atomic mass is 16.6. The first kappa shape index (κ1) is 16.9. The molecule has 1 atom stereocenters. The molecule has 2 rings (SSSR count). The van der Waals surface area contributed by atoms with Crippen LogP contribution < -0.4 is 5.32 Å². The SMILES string of the molecule is CC(C)(C)OC(=O)C[C@@H](Nc1ccccc1O)c1ccccc1. The Balaban J connectivity index is 2.19. The van der Waals surface area contributed by atoms with Gasteiger partial charge in [0.25, 0.3) is 0 Å². The molecule has 0 saturated heterocycles. The van der Waals surface area contributed by atoms with E-state index in [1.165, 1.54) is 0 Å². The summed E-state index contributed by atoms with van der Waals surface area (Å²) < 4.78 is 5.42. The molecule has 0 amide bonds. The van der Waals surface area contributed by atoms with E-state index < -0.39 is 5.60 Å². The molecule has 0 saturated carbocycles. The molecule has 0 aromatic heterocycles. The molecule has 0 bridgehead atoms. The molecule has 122 valence electrons. The van der Waals surface area contributed by atoms with Crippen LogP contribution in [0.3, 0.4) is 0 Å². The van der Waals surface area contributed by atoms with Crippen LogP contribution in [0.1, 0.15) is 38.8 Å². The summed E-state index contributed by atoms with van der Waals surface area (Å²) in [5, 5.41) is 13.2. The van der Waals surface area contributed by atoms with Crippen LogP contribution in [0.2, 0.25) is 0 Å². The maximum atomic E-state index is 12.2. The van der Waals surface area contributed by atoms with Crippen molar-refractivity contribution in [3.05, 3.63) is 60.2 Å². The van der Waals surface area contributed by atoms with Gasteiger partial charge in [-0.3, -0.25) is 4.79 Å². The number of aromatic hydroxyl groups is 1. The van der Waals surface area contributed by atoms with Gasteiger partial charge < -0.3 is 15.2 Å². The number of esters is 1. The molecule has 4 nitrogen and oxygen atoms in total. The molecule has 0 radical (unpaired) electrons. The number of hydrogen-bond acceptors (Lipinski definition) is 4. The highest BCUT2D eigenvalue weighted by Gasteiger charge is 2.22. The molecule has 2 aromatic carbocycles. The largest absolute Gasteiger partial charge is 0.506 e. The van der Waals surface area contributed by atoms with E-state index in [0.717, 1.165) is 5.56 Å². The summed E-state index contributed by atoms with van der Waals surface area (Å²) in [6, 6.07) is 16.4. The van der Waals surface area contributed by atoms with E-state index in [-0.39, 0.29) is 24.2 Å². The lowest BCUT2D eigenvalue weighted by atomic mass is 10.0. The summed E-state index contributed by atoms with van der Waals surface area (Å²) in [4.78, 5) is 12.2. The van der Waals surface area contributed by atoms with Gasteiger partial charge in [-0.2, -0.15) is 0 Å². The molecule has 0 spiro atoms. The van der Waals surface area contributed by atoms with Gasteiger partial charge in [0, 0.05) is 0 Å². The predicted molar refractivity (Wildman–Crippen MR) is 91.4 cm³/mol. The lowest BCUT2D eigenvalue weighted by molar-refractivity contribution is -0.155. The summed E-state index contributed by atoms with van der Waals surface area (Å²) >= 11 is 0. The molecule has 4 heteroatoms. The van der Waals surface area contributed by atoms with Gasteiger partial charge in [0.15, 0.2) is 0 Å². The average molecular weight is 313 g/mol. The second-order valence-corrected chi connectivity index (χ2v) is 6.42. The fourth-order valence-corrected chi connectivity index (χ4v) is 2.27. The minimum Gasteiger partial charge on any atom is -0.506 e. The summed E-state index contributed by atoms with van der Waals surface area (Å²) in [7, 11) is 0. The highest BCUT2D eigenvalue weighted by molar-refractivity contribution is 5.72. The number of benzene rings is 2. The number of para-hydroxylation sites is 2.